The van der Waals surface area contributed by atoms with E-state index in [1.807, 2.05) is 31.2 Å². The smallest absolute Gasteiger partial charge is 0.268 e. The molecular weight excluding hydrogens is 372 g/mol. The van der Waals surface area contributed by atoms with Crippen LogP contribution in [0.15, 0.2) is 42.5 Å². The lowest BCUT2D eigenvalue weighted by molar-refractivity contribution is -0.129. The summed E-state index contributed by atoms with van der Waals surface area (Å²) in [6.45, 7) is 6.40. The molecule has 0 saturated heterocycles. The molecule has 2 aromatic carbocycles. The molecule has 1 heterocycles. The van der Waals surface area contributed by atoms with Crippen molar-refractivity contribution in [3.05, 3.63) is 42.5 Å². The van der Waals surface area contributed by atoms with Crippen LogP contribution < -0.4 is 24.8 Å². The summed E-state index contributed by atoms with van der Waals surface area (Å²) in [5, 5.41) is 5.63. The fraction of sp³-hybridized carbons (Fsp3) is 0.364. The number of carbonyl (C=O) groups excluding carboxylic acids is 2. The Kier molecular flexibility index (Phi) is 6.26. The van der Waals surface area contributed by atoms with Crippen molar-refractivity contribution in [2.24, 2.45) is 0 Å². The molecule has 0 fully saturated rings. The van der Waals surface area contributed by atoms with Gasteiger partial charge in [-0.25, -0.2) is 0 Å². The number of benzene rings is 2. The lowest BCUT2D eigenvalue weighted by atomic mass is 10.1. The summed E-state index contributed by atoms with van der Waals surface area (Å²) in [6.07, 6.45) is 0.905. The number of nitrogens with one attached hydrogen (secondary N) is 2. The van der Waals surface area contributed by atoms with Gasteiger partial charge < -0.3 is 24.8 Å². The van der Waals surface area contributed by atoms with Crippen molar-refractivity contribution in [3.8, 4) is 17.2 Å². The standard InChI is InChI=1S/C22H26N2O5/c1-4-27-16-8-10-17(11-9-16)28-13-5-6-20(25)23-15-7-12-19-18(14-15)24-21(26)22(2,3)29-19/h7-12,14H,4-6,13H2,1-3H3,(H,23,25)(H,24,26). The van der Waals surface area contributed by atoms with E-state index in [9.17, 15) is 9.59 Å². The van der Waals surface area contributed by atoms with Gasteiger partial charge in [0.25, 0.3) is 5.91 Å². The lowest BCUT2D eigenvalue weighted by Gasteiger charge is -2.31. The van der Waals surface area contributed by atoms with E-state index in [2.05, 4.69) is 10.6 Å². The molecule has 29 heavy (non-hydrogen) atoms. The number of hydrogen-bond acceptors (Lipinski definition) is 5. The second kappa shape index (κ2) is 8.86. The highest BCUT2D eigenvalue weighted by molar-refractivity contribution is 6.01. The number of ether oxygens (including phenoxy) is 3. The maximum Gasteiger partial charge on any atom is 0.268 e. The second-order valence-corrected chi connectivity index (χ2v) is 7.18. The summed E-state index contributed by atoms with van der Waals surface area (Å²) in [4.78, 5) is 24.2. The minimum absolute atomic E-state index is 0.122. The third kappa shape index (κ3) is 5.40. The highest BCUT2D eigenvalue weighted by atomic mass is 16.5. The van der Waals surface area contributed by atoms with Crippen molar-refractivity contribution < 1.29 is 23.8 Å². The Morgan fingerprint density at radius 2 is 1.79 bits per heavy atom. The van der Waals surface area contributed by atoms with Gasteiger partial charge in [0.15, 0.2) is 5.60 Å². The highest BCUT2D eigenvalue weighted by Gasteiger charge is 2.35. The Morgan fingerprint density at radius 3 is 2.48 bits per heavy atom. The summed E-state index contributed by atoms with van der Waals surface area (Å²) < 4.78 is 16.7. The molecule has 3 rings (SSSR count). The molecule has 0 radical (unpaired) electrons. The second-order valence-electron chi connectivity index (χ2n) is 7.18. The van der Waals surface area contributed by atoms with E-state index in [1.54, 1.807) is 32.0 Å². The minimum atomic E-state index is -0.916. The number of anilines is 2. The number of carbonyl (C=O) groups is 2. The Labute approximate surface area is 170 Å². The van der Waals surface area contributed by atoms with Gasteiger partial charge in [-0.2, -0.15) is 0 Å². The Bertz CT molecular complexity index is 877. The van der Waals surface area contributed by atoms with Crippen LogP contribution in [0.25, 0.3) is 0 Å². The van der Waals surface area contributed by atoms with E-state index >= 15 is 0 Å². The average Bonchev–Trinajstić information content (AvgIpc) is 2.68. The number of rotatable bonds is 8. The molecule has 0 aromatic heterocycles. The molecule has 154 valence electrons. The molecule has 0 bridgehead atoms. The normalized spacial score (nSPS) is 14.2. The summed E-state index contributed by atoms with van der Waals surface area (Å²) in [7, 11) is 0. The first-order valence-corrected chi connectivity index (χ1v) is 9.67. The molecule has 2 N–H and O–H groups in total. The first-order valence-electron chi connectivity index (χ1n) is 9.67. The van der Waals surface area contributed by atoms with Crippen LogP contribution in [0.4, 0.5) is 11.4 Å². The lowest BCUT2D eigenvalue weighted by Crippen LogP contribution is -2.45. The van der Waals surface area contributed by atoms with E-state index in [1.165, 1.54) is 0 Å². The van der Waals surface area contributed by atoms with E-state index in [-0.39, 0.29) is 11.8 Å². The number of hydrogen-bond donors (Lipinski definition) is 2. The van der Waals surface area contributed by atoms with Gasteiger partial charge in [0.2, 0.25) is 5.91 Å². The van der Waals surface area contributed by atoms with E-state index in [0.29, 0.717) is 43.2 Å². The predicted octanol–water partition coefficient (Wildman–Crippen LogP) is 3.99. The molecule has 0 unspecified atom stereocenters. The van der Waals surface area contributed by atoms with E-state index in [0.717, 1.165) is 11.5 Å². The third-order valence-electron chi connectivity index (χ3n) is 4.38. The van der Waals surface area contributed by atoms with Crippen LogP contribution in [-0.2, 0) is 9.59 Å². The van der Waals surface area contributed by atoms with Crippen LogP contribution in [0, 0.1) is 0 Å². The number of fused-ring (bicyclic) bond motifs is 1. The predicted molar refractivity (Wildman–Crippen MR) is 111 cm³/mol. The van der Waals surface area contributed by atoms with Crippen molar-refractivity contribution >= 4 is 23.2 Å². The summed E-state index contributed by atoms with van der Waals surface area (Å²) in [5.74, 6) is 1.77. The van der Waals surface area contributed by atoms with Gasteiger partial charge in [-0.1, -0.05) is 0 Å². The maximum absolute atomic E-state index is 12.2. The van der Waals surface area contributed by atoms with Crippen LogP contribution in [0.3, 0.4) is 0 Å². The molecule has 0 atom stereocenters. The third-order valence-corrected chi connectivity index (χ3v) is 4.38. The van der Waals surface area contributed by atoms with Crippen LogP contribution in [0.1, 0.15) is 33.6 Å². The van der Waals surface area contributed by atoms with Crippen LogP contribution in [0.2, 0.25) is 0 Å². The summed E-state index contributed by atoms with van der Waals surface area (Å²) in [5.41, 5.74) is 0.233. The molecule has 0 aliphatic carbocycles. The van der Waals surface area contributed by atoms with Gasteiger partial charge >= 0.3 is 0 Å². The van der Waals surface area contributed by atoms with E-state index < -0.39 is 5.60 Å². The van der Waals surface area contributed by atoms with Gasteiger partial charge in [-0.05, 0) is 69.7 Å². The molecule has 7 nitrogen and oxygen atoms in total. The fourth-order valence-corrected chi connectivity index (χ4v) is 2.83. The van der Waals surface area contributed by atoms with Gasteiger partial charge in [0.05, 0.1) is 18.9 Å². The zero-order valence-corrected chi connectivity index (χ0v) is 16.9. The zero-order chi connectivity index (χ0) is 20.9. The average molecular weight is 398 g/mol. The minimum Gasteiger partial charge on any atom is -0.494 e. The zero-order valence-electron chi connectivity index (χ0n) is 16.9. The molecular formula is C22H26N2O5. The topological polar surface area (TPSA) is 85.9 Å². The van der Waals surface area contributed by atoms with Crippen LogP contribution in [-0.4, -0.2) is 30.6 Å². The van der Waals surface area contributed by atoms with Gasteiger partial charge in [-0.3, -0.25) is 9.59 Å². The first kappa shape index (κ1) is 20.5. The Morgan fingerprint density at radius 1 is 1.10 bits per heavy atom. The molecule has 1 aliphatic heterocycles. The molecule has 2 amide bonds. The summed E-state index contributed by atoms with van der Waals surface area (Å²) in [6, 6.07) is 12.6. The van der Waals surface area contributed by atoms with Gasteiger partial charge in [0, 0.05) is 12.1 Å². The molecule has 0 saturated carbocycles. The Hall–Kier alpha value is -3.22. The monoisotopic (exact) mass is 398 g/mol. The van der Waals surface area contributed by atoms with Crippen molar-refractivity contribution in [3.63, 3.8) is 0 Å². The molecule has 7 heteroatoms. The molecule has 2 aromatic rings. The SMILES string of the molecule is CCOc1ccc(OCCCC(=O)Nc2ccc3c(c2)NC(=O)C(C)(C)O3)cc1. The van der Waals surface area contributed by atoms with E-state index in [4.69, 9.17) is 14.2 Å². The van der Waals surface area contributed by atoms with Crippen molar-refractivity contribution in [2.45, 2.75) is 39.2 Å². The highest BCUT2D eigenvalue weighted by Crippen LogP contribution is 2.35. The van der Waals surface area contributed by atoms with Crippen molar-refractivity contribution in [2.75, 3.05) is 23.8 Å². The molecule has 0 spiro atoms. The van der Waals surface area contributed by atoms with Crippen molar-refractivity contribution in [1.82, 2.24) is 0 Å². The van der Waals surface area contributed by atoms with Gasteiger partial charge in [-0.15, -0.1) is 0 Å². The fourth-order valence-electron chi connectivity index (χ4n) is 2.83. The Balaban J connectivity index is 1.44. The quantitative estimate of drug-likeness (QED) is 0.657. The summed E-state index contributed by atoms with van der Waals surface area (Å²) >= 11 is 0. The van der Waals surface area contributed by atoms with Crippen LogP contribution >= 0.6 is 0 Å². The van der Waals surface area contributed by atoms with Gasteiger partial charge in [0.1, 0.15) is 17.2 Å². The first-order chi connectivity index (χ1) is 13.9. The van der Waals surface area contributed by atoms with Crippen LogP contribution in [0.5, 0.6) is 17.2 Å². The largest absolute Gasteiger partial charge is 0.494 e. The molecule has 1 aliphatic rings. The maximum atomic E-state index is 12.2. The number of amides is 2. The van der Waals surface area contributed by atoms with Crippen molar-refractivity contribution in [1.29, 1.82) is 0 Å².